The summed E-state index contributed by atoms with van der Waals surface area (Å²) in [5, 5.41) is 1.99. The highest BCUT2D eigenvalue weighted by molar-refractivity contribution is 7.90. The van der Waals surface area contributed by atoms with E-state index >= 15 is 0 Å². The molecule has 5 aromatic rings. The van der Waals surface area contributed by atoms with E-state index in [0.717, 1.165) is 21.7 Å². The van der Waals surface area contributed by atoms with Gasteiger partial charge in [-0.2, -0.15) is 0 Å². The molecule has 190 valence electrons. The Morgan fingerprint density at radius 3 is 2.86 bits per heavy atom. The van der Waals surface area contributed by atoms with Gasteiger partial charge in [0.2, 0.25) is 5.91 Å². The van der Waals surface area contributed by atoms with Crippen LogP contribution in [0.2, 0.25) is 0 Å². The van der Waals surface area contributed by atoms with Crippen LogP contribution in [0.1, 0.15) is 6.92 Å². The predicted octanol–water partition coefficient (Wildman–Crippen LogP) is 3.18. The fourth-order valence-corrected chi connectivity index (χ4v) is 6.34. The molecule has 1 aromatic carbocycles. The number of nitrogens with zero attached hydrogens (tertiary/aromatic N) is 6. The molecule has 0 spiro atoms. The number of H-pyrrole nitrogens is 1. The predicted molar refractivity (Wildman–Crippen MR) is 143 cm³/mol. The number of sulfone groups is 1. The Kier molecular flexibility index (Phi) is 5.72. The number of benzene rings is 1. The van der Waals surface area contributed by atoms with Crippen LogP contribution in [0.25, 0.3) is 33.6 Å². The van der Waals surface area contributed by atoms with Crippen LogP contribution in [0.4, 0.5) is 5.00 Å². The molecule has 4 aromatic heterocycles. The molecule has 37 heavy (non-hydrogen) atoms. The normalized spacial score (nSPS) is 16.6. The lowest BCUT2D eigenvalue weighted by Gasteiger charge is -2.40. The van der Waals surface area contributed by atoms with E-state index in [1.54, 1.807) is 29.9 Å². The number of piperazine rings is 1. The third-order valence-electron chi connectivity index (χ3n) is 6.72. The van der Waals surface area contributed by atoms with Crippen LogP contribution >= 0.6 is 11.3 Å². The van der Waals surface area contributed by atoms with Crippen molar-refractivity contribution in [3.8, 4) is 11.5 Å². The molecular formula is C25H25N7O3S2. The van der Waals surface area contributed by atoms with Gasteiger partial charge >= 0.3 is 0 Å². The Balaban J connectivity index is 1.19. The van der Waals surface area contributed by atoms with E-state index in [2.05, 4.69) is 31.8 Å². The van der Waals surface area contributed by atoms with Crippen molar-refractivity contribution in [1.29, 1.82) is 0 Å². The van der Waals surface area contributed by atoms with Gasteiger partial charge in [0.05, 0.1) is 21.4 Å². The van der Waals surface area contributed by atoms with E-state index in [9.17, 15) is 13.2 Å². The minimum atomic E-state index is -3.32. The van der Waals surface area contributed by atoms with Gasteiger partial charge in [-0.05, 0) is 43.3 Å². The van der Waals surface area contributed by atoms with Crippen molar-refractivity contribution in [2.75, 3.05) is 30.8 Å². The number of carbonyl (C=O) groups is 1. The van der Waals surface area contributed by atoms with Crippen LogP contribution in [-0.2, 0) is 21.2 Å². The molecule has 1 fully saturated rings. The number of carbonyl (C=O) groups excluding carboxylic acids is 1. The second kappa shape index (κ2) is 8.96. The first-order valence-corrected chi connectivity index (χ1v) is 14.6. The highest BCUT2D eigenvalue weighted by Gasteiger charge is 2.30. The summed E-state index contributed by atoms with van der Waals surface area (Å²) >= 11 is 1.53. The summed E-state index contributed by atoms with van der Waals surface area (Å²) < 4.78 is 25.8. The van der Waals surface area contributed by atoms with E-state index < -0.39 is 9.84 Å². The molecule has 1 aliphatic heterocycles. The summed E-state index contributed by atoms with van der Waals surface area (Å²) in [7, 11) is -3.32. The quantitative estimate of drug-likeness (QED) is 0.367. The van der Waals surface area contributed by atoms with Gasteiger partial charge in [0.15, 0.2) is 15.7 Å². The van der Waals surface area contributed by atoms with Crippen LogP contribution in [0.3, 0.4) is 0 Å². The molecule has 1 aliphatic rings. The van der Waals surface area contributed by atoms with Gasteiger partial charge in [0.25, 0.3) is 0 Å². The molecule has 0 saturated carbocycles. The molecule has 1 amide bonds. The summed E-state index contributed by atoms with van der Waals surface area (Å²) in [6.07, 6.45) is 4.84. The molecule has 1 N–H and O–H groups in total. The molecule has 0 unspecified atom stereocenters. The molecule has 0 bridgehead atoms. The summed E-state index contributed by atoms with van der Waals surface area (Å²) in [5.41, 5.74) is 4.64. The van der Waals surface area contributed by atoms with Crippen LogP contribution in [0, 0.1) is 0 Å². The van der Waals surface area contributed by atoms with Crippen molar-refractivity contribution in [2.24, 2.45) is 0 Å². The molecule has 6 rings (SSSR count). The van der Waals surface area contributed by atoms with Gasteiger partial charge in [0.1, 0.15) is 22.9 Å². The zero-order valence-electron chi connectivity index (χ0n) is 20.3. The lowest BCUT2D eigenvalue weighted by molar-refractivity contribution is -0.134. The summed E-state index contributed by atoms with van der Waals surface area (Å²) in [6.45, 7) is 4.26. The fourth-order valence-electron chi connectivity index (χ4n) is 4.86. The van der Waals surface area contributed by atoms with E-state index in [1.165, 1.54) is 17.6 Å². The summed E-state index contributed by atoms with van der Waals surface area (Å²) in [6, 6.07) is 10.7. The van der Waals surface area contributed by atoms with Crippen molar-refractivity contribution in [3.63, 3.8) is 0 Å². The number of imidazole rings is 1. The largest absolute Gasteiger partial charge is 0.358 e. The number of amides is 1. The Bertz CT molecular complexity index is 1740. The number of thiazole rings is 1. The number of rotatable bonds is 5. The maximum atomic E-state index is 13.2. The molecule has 12 heteroatoms. The number of hydrogen-bond donors (Lipinski definition) is 1. The average molecular weight is 536 g/mol. The topological polar surface area (TPSA) is 117 Å². The molecule has 1 saturated heterocycles. The van der Waals surface area contributed by atoms with Gasteiger partial charge in [-0.3, -0.25) is 4.79 Å². The van der Waals surface area contributed by atoms with Crippen LogP contribution in [0.15, 0.2) is 59.2 Å². The molecule has 0 radical (unpaired) electrons. The Labute approximate surface area is 217 Å². The van der Waals surface area contributed by atoms with Gasteiger partial charge in [-0.25, -0.2) is 23.4 Å². The highest BCUT2D eigenvalue weighted by atomic mass is 32.2. The van der Waals surface area contributed by atoms with Gasteiger partial charge in [-0.15, -0.1) is 11.3 Å². The maximum Gasteiger partial charge on any atom is 0.242 e. The van der Waals surface area contributed by atoms with E-state index in [0.29, 0.717) is 36.5 Å². The zero-order valence-corrected chi connectivity index (χ0v) is 22.0. The maximum absolute atomic E-state index is 13.2. The number of fused-ring (bicyclic) bond motifs is 2. The minimum absolute atomic E-state index is 0.0129. The monoisotopic (exact) mass is 535 g/mol. The first-order valence-electron chi connectivity index (χ1n) is 11.9. The fraction of sp³-hybridized carbons (Fsp3) is 0.280. The van der Waals surface area contributed by atoms with Gasteiger partial charge in [-0.1, -0.05) is 0 Å². The first-order chi connectivity index (χ1) is 17.8. The van der Waals surface area contributed by atoms with Crippen molar-refractivity contribution >= 4 is 54.1 Å². The number of pyridine rings is 1. The van der Waals surface area contributed by atoms with E-state index in [4.69, 9.17) is 0 Å². The standard InChI is InChI=1S/C25H25N7O3S2/c1-16-13-31(10-11-32(16)21(33)14-30-9-7-17-4-3-8-26-24(17)30)25-22(27-15-36-25)23-28-19-6-5-18(37(2,34)35)12-20(19)29-23/h3-9,12,15-16H,10-11,13-14H2,1-2H3,(H,28,29)/t16-/m1/s1. The number of aromatic nitrogens is 5. The number of anilines is 1. The van der Waals surface area contributed by atoms with Crippen LogP contribution in [-0.4, -0.2) is 75.7 Å². The lowest BCUT2D eigenvalue weighted by atomic mass is 10.2. The molecule has 0 aliphatic carbocycles. The SMILES string of the molecule is C[C@@H]1CN(c2scnc2-c2nc3ccc(S(C)(=O)=O)cc3[nH]2)CCN1C(=O)Cn1ccc2cccnc21. The number of nitrogens with one attached hydrogen (secondary N) is 1. The molecule has 5 heterocycles. The average Bonchev–Trinajstić information content (AvgIpc) is 3.61. The van der Waals surface area contributed by atoms with Gasteiger partial charge < -0.3 is 19.4 Å². The summed E-state index contributed by atoms with van der Waals surface area (Å²) in [4.78, 5) is 34.5. The summed E-state index contributed by atoms with van der Waals surface area (Å²) in [5.74, 6) is 0.661. The zero-order chi connectivity index (χ0) is 25.7. The van der Waals surface area contributed by atoms with Crippen molar-refractivity contribution in [1.82, 2.24) is 29.4 Å². The lowest BCUT2D eigenvalue weighted by Crippen LogP contribution is -2.54. The molecule has 1 atom stereocenters. The van der Waals surface area contributed by atoms with Crippen molar-refractivity contribution < 1.29 is 13.2 Å². The minimum Gasteiger partial charge on any atom is -0.358 e. The van der Waals surface area contributed by atoms with Gasteiger partial charge in [0, 0.05) is 49.7 Å². The van der Waals surface area contributed by atoms with Crippen molar-refractivity contribution in [3.05, 3.63) is 54.3 Å². The number of hydrogen-bond acceptors (Lipinski definition) is 8. The van der Waals surface area contributed by atoms with Crippen LogP contribution < -0.4 is 4.90 Å². The Morgan fingerprint density at radius 1 is 1.19 bits per heavy atom. The smallest absolute Gasteiger partial charge is 0.242 e. The third-order valence-corrected chi connectivity index (χ3v) is 8.71. The number of aromatic amines is 1. The first kappa shape index (κ1) is 23.6. The second-order valence-electron chi connectivity index (χ2n) is 9.28. The van der Waals surface area contributed by atoms with E-state index in [-0.39, 0.29) is 23.4 Å². The Morgan fingerprint density at radius 2 is 2.05 bits per heavy atom. The van der Waals surface area contributed by atoms with Crippen molar-refractivity contribution in [2.45, 2.75) is 24.4 Å². The second-order valence-corrected chi connectivity index (χ2v) is 12.1. The highest BCUT2D eigenvalue weighted by Crippen LogP contribution is 2.35. The molecule has 10 nitrogen and oxygen atoms in total. The van der Waals surface area contributed by atoms with E-state index in [1.807, 2.05) is 33.9 Å². The Hall–Kier alpha value is -3.77. The van der Waals surface area contributed by atoms with Crippen LogP contribution in [0.5, 0.6) is 0 Å². The third kappa shape index (κ3) is 4.36. The molecular weight excluding hydrogens is 510 g/mol.